The van der Waals surface area contributed by atoms with Gasteiger partial charge in [0.25, 0.3) is 5.88 Å². The van der Waals surface area contributed by atoms with Gasteiger partial charge in [0.1, 0.15) is 6.61 Å². The Morgan fingerprint density at radius 3 is 2.65 bits per heavy atom. The van der Waals surface area contributed by atoms with E-state index in [4.69, 9.17) is 4.74 Å². The van der Waals surface area contributed by atoms with Gasteiger partial charge < -0.3 is 9.47 Å². The molecule has 3 aromatic heterocycles. The van der Waals surface area contributed by atoms with Gasteiger partial charge in [0.05, 0.1) is 5.69 Å². The van der Waals surface area contributed by atoms with Crippen molar-refractivity contribution in [3.8, 4) is 17.1 Å². The lowest BCUT2D eigenvalue weighted by Crippen LogP contribution is -2.31. The highest BCUT2D eigenvalue weighted by Crippen LogP contribution is 2.27. The van der Waals surface area contributed by atoms with Crippen LogP contribution < -0.4 is 4.74 Å². The first-order valence-corrected chi connectivity index (χ1v) is 7.39. The molecule has 0 aromatic carbocycles. The molecule has 0 aliphatic carbocycles. The van der Waals surface area contributed by atoms with Crippen molar-refractivity contribution in [3.05, 3.63) is 36.0 Å². The van der Waals surface area contributed by atoms with Crippen molar-refractivity contribution in [3.63, 3.8) is 0 Å². The van der Waals surface area contributed by atoms with E-state index in [-0.39, 0.29) is 12.2 Å². The second-order valence-electron chi connectivity index (χ2n) is 5.35. The number of nitrogens with zero attached hydrogens (tertiary/aromatic N) is 5. The quantitative estimate of drug-likeness (QED) is 0.642. The Hall–Kier alpha value is -2.82. The predicted octanol–water partition coefficient (Wildman–Crippen LogP) is 2.80. The van der Waals surface area contributed by atoms with Crippen molar-refractivity contribution in [2.24, 2.45) is 0 Å². The van der Waals surface area contributed by atoms with Gasteiger partial charge in [-0.1, -0.05) is 0 Å². The van der Waals surface area contributed by atoms with E-state index < -0.39 is 24.0 Å². The summed E-state index contributed by atoms with van der Waals surface area (Å²) in [6.07, 6.45) is -5.62. The van der Waals surface area contributed by atoms with Crippen LogP contribution in [0.4, 0.5) is 17.6 Å². The molecule has 0 aliphatic heterocycles. The number of pyridine rings is 1. The second-order valence-corrected chi connectivity index (χ2v) is 5.35. The van der Waals surface area contributed by atoms with E-state index in [9.17, 15) is 17.6 Å². The molecule has 0 bridgehead atoms. The third kappa shape index (κ3) is 3.57. The summed E-state index contributed by atoms with van der Waals surface area (Å²) in [5.41, 5.74) is 1.05. The van der Waals surface area contributed by atoms with Crippen molar-refractivity contribution in [2.45, 2.75) is 25.8 Å². The lowest BCUT2D eigenvalue weighted by atomic mass is 10.2. The molecule has 7 nitrogen and oxygen atoms in total. The molecule has 0 saturated heterocycles. The van der Waals surface area contributed by atoms with Crippen LogP contribution in [-0.4, -0.2) is 44.2 Å². The normalized spacial score (nSPS) is 13.2. The molecule has 0 N–H and O–H groups in total. The first-order valence-electron chi connectivity index (χ1n) is 7.39. The Morgan fingerprint density at radius 1 is 1.23 bits per heavy atom. The summed E-state index contributed by atoms with van der Waals surface area (Å²) < 4.78 is 62.6. The largest absolute Gasteiger partial charge is 0.463 e. The van der Waals surface area contributed by atoms with Crippen molar-refractivity contribution in [1.29, 1.82) is 0 Å². The fourth-order valence-electron chi connectivity index (χ4n) is 2.09. The molecule has 3 aromatic rings. The van der Waals surface area contributed by atoms with Crippen molar-refractivity contribution in [1.82, 2.24) is 24.8 Å². The van der Waals surface area contributed by atoms with Gasteiger partial charge in [-0.05, 0) is 25.1 Å². The zero-order chi connectivity index (χ0) is 18.9. The van der Waals surface area contributed by atoms with E-state index in [1.807, 2.05) is 0 Å². The maximum atomic E-state index is 14.1. The second kappa shape index (κ2) is 6.83. The van der Waals surface area contributed by atoms with Crippen molar-refractivity contribution in [2.75, 3.05) is 7.11 Å². The van der Waals surface area contributed by atoms with Gasteiger partial charge in [0.15, 0.2) is 23.4 Å². The fourth-order valence-corrected chi connectivity index (χ4v) is 2.09. The molecular weight excluding hydrogens is 358 g/mol. The molecule has 0 aliphatic rings. The molecule has 3 rings (SSSR count). The maximum Gasteiger partial charge on any atom is 0.425 e. The summed E-state index contributed by atoms with van der Waals surface area (Å²) in [5, 5.41) is 12.1. The van der Waals surface area contributed by atoms with E-state index in [0.717, 1.165) is 13.0 Å². The van der Waals surface area contributed by atoms with Gasteiger partial charge >= 0.3 is 6.18 Å². The molecule has 138 valence electrons. The molecule has 0 amide bonds. The van der Waals surface area contributed by atoms with Crippen LogP contribution in [0.1, 0.15) is 12.7 Å². The lowest BCUT2D eigenvalue weighted by molar-refractivity contribution is -0.190. The maximum absolute atomic E-state index is 14.1. The zero-order valence-electron chi connectivity index (χ0n) is 13.7. The number of rotatable bonds is 5. The molecular formula is C15H13F4N5O2. The third-order valence-corrected chi connectivity index (χ3v) is 3.45. The number of methoxy groups -OCH3 is 1. The number of hydrogen-bond acceptors (Lipinski definition) is 6. The van der Waals surface area contributed by atoms with Crippen molar-refractivity contribution >= 4 is 5.65 Å². The summed E-state index contributed by atoms with van der Waals surface area (Å²) in [4.78, 5) is 3.63. The standard InChI is InChI=1S/C15H13F4N5O2/c1-8(15(17,18)19)26-14-10(16)5-9(6-20-14)11-3-4-12-21-22-13(7-25-2)24(12)23-11/h3-6,8H,7H2,1-2H3/t8-/m0/s1. The average molecular weight is 371 g/mol. The Morgan fingerprint density at radius 2 is 2.00 bits per heavy atom. The zero-order valence-corrected chi connectivity index (χ0v) is 13.7. The highest BCUT2D eigenvalue weighted by Gasteiger charge is 2.38. The number of hydrogen-bond donors (Lipinski definition) is 0. The minimum atomic E-state index is -4.62. The minimum Gasteiger partial charge on any atom is -0.463 e. The molecule has 0 fully saturated rings. The van der Waals surface area contributed by atoms with Crippen LogP contribution in [0.3, 0.4) is 0 Å². The predicted molar refractivity (Wildman–Crippen MR) is 80.8 cm³/mol. The molecule has 0 saturated carbocycles. The van der Waals surface area contributed by atoms with E-state index in [1.54, 1.807) is 12.1 Å². The Labute approximate surface area is 144 Å². The summed E-state index contributed by atoms with van der Waals surface area (Å²) >= 11 is 0. The number of halogens is 4. The van der Waals surface area contributed by atoms with Crippen LogP contribution in [0.5, 0.6) is 5.88 Å². The van der Waals surface area contributed by atoms with Crippen LogP contribution in [0.15, 0.2) is 24.4 Å². The van der Waals surface area contributed by atoms with Gasteiger partial charge in [0, 0.05) is 18.9 Å². The van der Waals surface area contributed by atoms with Crippen LogP contribution in [0.2, 0.25) is 0 Å². The minimum absolute atomic E-state index is 0.173. The molecule has 11 heteroatoms. The molecule has 0 unspecified atom stereocenters. The van der Waals surface area contributed by atoms with Crippen LogP contribution in [-0.2, 0) is 11.3 Å². The third-order valence-electron chi connectivity index (χ3n) is 3.45. The van der Waals surface area contributed by atoms with E-state index in [0.29, 0.717) is 17.2 Å². The number of ether oxygens (including phenoxy) is 2. The number of fused-ring (bicyclic) bond motifs is 1. The van der Waals surface area contributed by atoms with Gasteiger partial charge in [0.2, 0.25) is 0 Å². The summed E-state index contributed by atoms with van der Waals surface area (Å²) in [5.74, 6) is -1.32. The fraction of sp³-hybridized carbons (Fsp3) is 0.333. The van der Waals surface area contributed by atoms with Crippen LogP contribution in [0.25, 0.3) is 16.9 Å². The monoisotopic (exact) mass is 371 g/mol. The van der Waals surface area contributed by atoms with Crippen LogP contribution in [0, 0.1) is 5.82 Å². The molecule has 26 heavy (non-hydrogen) atoms. The lowest BCUT2D eigenvalue weighted by Gasteiger charge is -2.17. The van der Waals surface area contributed by atoms with E-state index in [2.05, 4.69) is 25.0 Å². The smallest absolute Gasteiger partial charge is 0.425 e. The van der Waals surface area contributed by atoms with Gasteiger partial charge in [-0.15, -0.1) is 10.2 Å². The Kier molecular flexibility index (Phi) is 4.72. The van der Waals surface area contributed by atoms with Gasteiger partial charge in [-0.2, -0.15) is 22.8 Å². The summed E-state index contributed by atoms with van der Waals surface area (Å²) in [7, 11) is 1.49. The Balaban J connectivity index is 1.91. The SMILES string of the molecule is COCc1nnc2ccc(-c3cnc(O[C@@H](C)C(F)(F)F)c(F)c3)nn12. The van der Waals surface area contributed by atoms with E-state index in [1.165, 1.54) is 17.8 Å². The molecule has 1 atom stereocenters. The van der Waals surface area contributed by atoms with E-state index >= 15 is 0 Å². The molecule has 3 heterocycles. The first kappa shape index (κ1) is 18.0. The van der Waals surface area contributed by atoms with Crippen LogP contribution >= 0.6 is 0 Å². The molecule has 0 spiro atoms. The highest BCUT2D eigenvalue weighted by atomic mass is 19.4. The number of alkyl halides is 3. The summed E-state index contributed by atoms with van der Waals surface area (Å²) in [6.45, 7) is 0.945. The topological polar surface area (TPSA) is 74.4 Å². The average Bonchev–Trinajstić information content (AvgIpc) is 2.98. The molecule has 0 radical (unpaired) electrons. The van der Waals surface area contributed by atoms with Gasteiger partial charge in [-0.3, -0.25) is 0 Å². The number of aromatic nitrogens is 5. The van der Waals surface area contributed by atoms with Crippen molar-refractivity contribution < 1.29 is 27.0 Å². The van der Waals surface area contributed by atoms with Gasteiger partial charge in [-0.25, -0.2) is 9.37 Å². The first-order chi connectivity index (χ1) is 12.3. The highest BCUT2D eigenvalue weighted by molar-refractivity contribution is 5.59. The summed E-state index contributed by atoms with van der Waals surface area (Å²) in [6, 6.07) is 4.18. The Bertz CT molecular complexity index is 928.